The number of benzene rings is 1. The van der Waals surface area contributed by atoms with Crippen LogP contribution in [0.1, 0.15) is 49.5 Å². The summed E-state index contributed by atoms with van der Waals surface area (Å²) in [5.41, 5.74) is 6.30. The van der Waals surface area contributed by atoms with Crippen LogP contribution < -0.4 is 21.7 Å². The number of nitrogens with two attached hydrogens (primary N) is 1. The number of para-hydroxylation sites is 1. The van der Waals surface area contributed by atoms with E-state index in [1.165, 1.54) is 0 Å². The lowest BCUT2D eigenvalue weighted by atomic mass is 10.1. The zero-order valence-corrected chi connectivity index (χ0v) is 18.7. The van der Waals surface area contributed by atoms with Crippen LogP contribution in [-0.4, -0.2) is 59.0 Å². The fourth-order valence-corrected chi connectivity index (χ4v) is 3.16. The van der Waals surface area contributed by atoms with E-state index in [1.54, 1.807) is 25.1 Å². The molecule has 6 N–H and O–H groups in total. The Morgan fingerprint density at radius 2 is 1.79 bits per heavy atom. The quantitative estimate of drug-likeness (QED) is 0.279. The standard InChI is InChI=1S/C23H31N5O5/c1-15(26-22(31)18-12-11-16-7-2-3-8-17(16)27-18)21(30)25-14-6-10-20(29)28-19(23(32)33)9-4-5-13-24/h2-3,7-8,11-12,15,19H,4-6,9-10,13-14,24H2,1H3,(H,25,30)(H,26,31)(H,28,29)(H,32,33). The van der Waals surface area contributed by atoms with Crippen molar-refractivity contribution < 1.29 is 24.3 Å². The van der Waals surface area contributed by atoms with Gasteiger partial charge in [-0.25, -0.2) is 9.78 Å². The zero-order chi connectivity index (χ0) is 24.2. The molecule has 33 heavy (non-hydrogen) atoms. The molecule has 1 heterocycles. The van der Waals surface area contributed by atoms with Gasteiger partial charge in [-0.15, -0.1) is 0 Å². The number of fused-ring (bicyclic) bond motifs is 1. The highest BCUT2D eigenvalue weighted by Gasteiger charge is 2.20. The van der Waals surface area contributed by atoms with Gasteiger partial charge < -0.3 is 26.8 Å². The van der Waals surface area contributed by atoms with Crippen LogP contribution in [0.4, 0.5) is 0 Å². The molecule has 0 fully saturated rings. The first kappa shape index (κ1) is 25.7. The third kappa shape index (κ3) is 8.49. The third-order valence-corrected chi connectivity index (χ3v) is 5.03. The summed E-state index contributed by atoms with van der Waals surface area (Å²) in [5, 5.41) is 17.9. The number of carbonyl (C=O) groups is 4. The Hall–Kier alpha value is -3.53. The second-order valence-corrected chi connectivity index (χ2v) is 7.72. The molecule has 10 nitrogen and oxygen atoms in total. The van der Waals surface area contributed by atoms with Crippen LogP contribution in [0.3, 0.4) is 0 Å². The highest BCUT2D eigenvalue weighted by atomic mass is 16.4. The van der Waals surface area contributed by atoms with Crippen LogP contribution in [0.2, 0.25) is 0 Å². The maximum Gasteiger partial charge on any atom is 0.326 e. The summed E-state index contributed by atoms with van der Waals surface area (Å²) in [6, 6.07) is 9.06. The van der Waals surface area contributed by atoms with Gasteiger partial charge in [0, 0.05) is 18.4 Å². The molecule has 0 radical (unpaired) electrons. The Kier molecular flexibility index (Phi) is 10.2. The molecule has 1 aromatic carbocycles. The second-order valence-electron chi connectivity index (χ2n) is 7.72. The van der Waals surface area contributed by atoms with Gasteiger partial charge in [0.05, 0.1) is 5.52 Å². The van der Waals surface area contributed by atoms with Gasteiger partial charge in [-0.1, -0.05) is 24.3 Å². The van der Waals surface area contributed by atoms with Gasteiger partial charge in [0.25, 0.3) is 5.91 Å². The first-order chi connectivity index (χ1) is 15.8. The van der Waals surface area contributed by atoms with Crippen LogP contribution in [0.5, 0.6) is 0 Å². The number of aliphatic carboxylic acids is 1. The number of hydrogen-bond donors (Lipinski definition) is 5. The molecule has 10 heteroatoms. The van der Waals surface area contributed by atoms with E-state index in [9.17, 15) is 24.3 Å². The number of nitrogens with one attached hydrogen (secondary N) is 3. The number of rotatable bonds is 13. The minimum absolute atomic E-state index is 0.0721. The molecule has 0 aliphatic rings. The molecule has 3 amide bonds. The summed E-state index contributed by atoms with van der Waals surface area (Å²) >= 11 is 0. The van der Waals surface area contributed by atoms with Crippen molar-refractivity contribution >= 4 is 34.6 Å². The van der Waals surface area contributed by atoms with Crippen molar-refractivity contribution in [2.75, 3.05) is 13.1 Å². The van der Waals surface area contributed by atoms with Gasteiger partial charge in [-0.3, -0.25) is 14.4 Å². The lowest BCUT2D eigenvalue weighted by Gasteiger charge is -2.15. The van der Waals surface area contributed by atoms with Gasteiger partial charge in [0.1, 0.15) is 17.8 Å². The summed E-state index contributed by atoms with van der Waals surface area (Å²) in [7, 11) is 0. The third-order valence-electron chi connectivity index (χ3n) is 5.03. The Labute approximate surface area is 192 Å². The molecule has 0 bridgehead atoms. The number of carboxylic acid groups (broad SMARTS) is 1. The monoisotopic (exact) mass is 457 g/mol. The molecular formula is C23H31N5O5. The highest BCUT2D eigenvalue weighted by molar-refractivity contribution is 5.97. The van der Waals surface area contributed by atoms with Crippen LogP contribution in [0.25, 0.3) is 10.9 Å². The van der Waals surface area contributed by atoms with Crippen LogP contribution in [-0.2, 0) is 14.4 Å². The number of carboxylic acids is 1. The summed E-state index contributed by atoms with van der Waals surface area (Å²) in [4.78, 5) is 52.2. The topological polar surface area (TPSA) is 164 Å². The number of amides is 3. The van der Waals surface area contributed by atoms with Crippen molar-refractivity contribution in [1.29, 1.82) is 0 Å². The normalized spacial score (nSPS) is 12.5. The fraction of sp³-hybridized carbons (Fsp3) is 0.435. The van der Waals surface area contributed by atoms with E-state index in [0.717, 1.165) is 5.39 Å². The Morgan fingerprint density at radius 1 is 1.03 bits per heavy atom. The van der Waals surface area contributed by atoms with Gasteiger partial charge in [0.15, 0.2) is 0 Å². The van der Waals surface area contributed by atoms with Crippen LogP contribution in [0, 0.1) is 0 Å². The summed E-state index contributed by atoms with van der Waals surface area (Å²) in [6.45, 7) is 2.24. The summed E-state index contributed by atoms with van der Waals surface area (Å²) < 4.78 is 0. The van der Waals surface area contributed by atoms with Gasteiger partial charge in [-0.05, 0) is 51.3 Å². The molecule has 0 aliphatic heterocycles. The number of carbonyl (C=O) groups excluding carboxylic acids is 3. The van der Waals surface area contributed by atoms with Crippen LogP contribution in [0.15, 0.2) is 36.4 Å². The maximum absolute atomic E-state index is 12.4. The number of pyridine rings is 1. The predicted molar refractivity (Wildman–Crippen MR) is 123 cm³/mol. The van der Waals surface area contributed by atoms with E-state index < -0.39 is 35.8 Å². The van der Waals surface area contributed by atoms with Crippen molar-refractivity contribution in [3.63, 3.8) is 0 Å². The van der Waals surface area contributed by atoms with E-state index in [4.69, 9.17) is 5.73 Å². The van der Waals surface area contributed by atoms with Gasteiger partial charge in [-0.2, -0.15) is 0 Å². The Bertz CT molecular complexity index is 981. The molecule has 2 atom stereocenters. The van der Waals surface area contributed by atoms with Crippen molar-refractivity contribution in [3.05, 3.63) is 42.1 Å². The van der Waals surface area contributed by atoms with Gasteiger partial charge >= 0.3 is 5.97 Å². The summed E-state index contributed by atoms with van der Waals surface area (Å²) in [6.07, 6.45) is 2.03. The molecule has 2 aromatic rings. The number of unbranched alkanes of at least 4 members (excludes halogenated alkanes) is 1. The predicted octanol–water partition coefficient (Wildman–Crippen LogP) is 0.948. The molecule has 0 aliphatic carbocycles. The molecule has 1 aromatic heterocycles. The van der Waals surface area contributed by atoms with Crippen molar-refractivity contribution in [2.45, 2.75) is 51.1 Å². The Balaban J connectivity index is 1.72. The van der Waals surface area contributed by atoms with E-state index >= 15 is 0 Å². The van der Waals surface area contributed by atoms with E-state index in [-0.39, 0.29) is 18.7 Å². The van der Waals surface area contributed by atoms with Crippen molar-refractivity contribution in [1.82, 2.24) is 20.9 Å². The average molecular weight is 458 g/mol. The van der Waals surface area contributed by atoms with E-state index in [2.05, 4.69) is 20.9 Å². The number of nitrogens with zero attached hydrogens (tertiary/aromatic N) is 1. The lowest BCUT2D eigenvalue weighted by Crippen LogP contribution is -2.45. The van der Waals surface area contributed by atoms with Crippen molar-refractivity contribution in [2.24, 2.45) is 5.73 Å². The molecule has 2 rings (SSSR count). The molecular weight excluding hydrogens is 426 g/mol. The Morgan fingerprint density at radius 3 is 2.52 bits per heavy atom. The average Bonchev–Trinajstić information content (AvgIpc) is 2.80. The van der Waals surface area contributed by atoms with Gasteiger partial charge in [0.2, 0.25) is 11.8 Å². The molecule has 0 saturated heterocycles. The molecule has 2 unspecified atom stereocenters. The molecule has 0 spiro atoms. The largest absolute Gasteiger partial charge is 0.480 e. The maximum atomic E-state index is 12.4. The molecule has 178 valence electrons. The minimum atomic E-state index is -1.08. The zero-order valence-electron chi connectivity index (χ0n) is 18.7. The number of aromatic nitrogens is 1. The second kappa shape index (κ2) is 13.1. The van der Waals surface area contributed by atoms with E-state index in [1.807, 2.05) is 18.2 Å². The van der Waals surface area contributed by atoms with Crippen molar-refractivity contribution in [3.8, 4) is 0 Å². The lowest BCUT2D eigenvalue weighted by molar-refractivity contribution is -0.142. The van der Waals surface area contributed by atoms with E-state index in [0.29, 0.717) is 37.7 Å². The fourth-order valence-electron chi connectivity index (χ4n) is 3.16. The summed E-state index contributed by atoms with van der Waals surface area (Å²) in [5.74, 6) is -2.33. The first-order valence-corrected chi connectivity index (χ1v) is 11.0. The first-order valence-electron chi connectivity index (χ1n) is 11.0. The smallest absolute Gasteiger partial charge is 0.326 e. The SMILES string of the molecule is CC(NC(=O)c1ccc2ccccc2n1)C(=O)NCCCC(=O)NC(CCCCN)C(=O)O. The minimum Gasteiger partial charge on any atom is -0.480 e. The highest BCUT2D eigenvalue weighted by Crippen LogP contribution is 2.11. The van der Waals surface area contributed by atoms with Crippen LogP contribution >= 0.6 is 0 Å². The molecule has 0 saturated carbocycles. The number of hydrogen-bond acceptors (Lipinski definition) is 6.